The molecule has 0 N–H and O–H groups in total. The largest absolute Gasteiger partial charge is 0.490 e. The van der Waals surface area contributed by atoms with Crippen LogP contribution in [0.15, 0.2) is 94.9 Å². The molecule has 0 fully saturated rings. The third-order valence-electron chi connectivity index (χ3n) is 7.06. The van der Waals surface area contributed by atoms with Crippen LogP contribution < -0.4 is 29.1 Å². The molecular formula is C35H33FN2O6S. The van der Waals surface area contributed by atoms with Crippen molar-refractivity contribution < 1.29 is 28.1 Å². The van der Waals surface area contributed by atoms with E-state index in [2.05, 4.69) is 11.6 Å². The number of esters is 1. The van der Waals surface area contributed by atoms with E-state index in [0.717, 1.165) is 16.7 Å². The lowest BCUT2D eigenvalue weighted by Crippen LogP contribution is -2.39. The number of aromatic nitrogens is 1. The number of carbonyl (C=O) groups is 1. The smallest absolute Gasteiger partial charge is 0.337 e. The number of thiazole rings is 1. The highest BCUT2D eigenvalue weighted by Crippen LogP contribution is 2.35. The Labute approximate surface area is 264 Å². The third-order valence-corrected chi connectivity index (χ3v) is 8.06. The number of benzene rings is 3. The number of allylic oxidation sites excluding steroid dienone is 1. The van der Waals surface area contributed by atoms with E-state index in [0.29, 0.717) is 51.8 Å². The molecule has 0 bridgehead atoms. The van der Waals surface area contributed by atoms with Gasteiger partial charge < -0.3 is 18.9 Å². The average molecular weight is 629 g/mol. The summed E-state index contributed by atoms with van der Waals surface area (Å²) in [4.78, 5) is 31.8. The van der Waals surface area contributed by atoms with E-state index in [1.807, 2.05) is 38.1 Å². The molecule has 0 aliphatic carbocycles. The van der Waals surface area contributed by atoms with Crippen molar-refractivity contribution in [3.63, 3.8) is 0 Å². The zero-order valence-electron chi connectivity index (χ0n) is 25.2. The molecule has 8 nitrogen and oxygen atoms in total. The number of carbonyl (C=O) groups excluding carboxylic acids is 1. The van der Waals surface area contributed by atoms with Gasteiger partial charge in [-0.3, -0.25) is 9.36 Å². The summed E-state index contributed by atoms with van der Waals surface area (Å²) in [5, 5.41) is 0. The van der Waals surface area contributed by atoms with Crippen LogP contribution in [0.25, 0.3) is 6.08 Å². The van der Waals surface area contributed by atoms with Crippen LogP contribution in [-0.4, -0.2) is 30.9 Å². The first-order chi connectivity index (χ1) is 21.9. The summed E-state index contributed by atoms with van der Waals surface area (Å²) in [6.07, 6.45) is 5.57. The molecule has 5 rings (SSSR count). The van der Waals surface area contributed by atoms with Gasteiger partial charge in [0.1, 0.15) is 18.2 Å². The second kappa shape index (κ2) is 14.2. The molecule has 0 spiro atoms. The predicted octanol–water partition coefficient (Wildman–Crippen LogP) is 5.26. The number of nitrogens with zero attached hydrogens (tertiary/aromatic N) is 2. The number of ether oxygens (including phenoxy) is 4. The molecule has 0 amide bonds. The van der Waals surface area contributed by atoms with Crippen molar-refractivity contribution in [2.45, 2.75) is 32.9 Å². The fourth-order valence-corrected chi connectivity index (χ4v) is 5.99. The van der Waals surface area contributed by atoms with E-state index in [-0.39, 0.29) is 23.6 Å². The standard InChI is InChI=1S/C35H33FN2O6S/c1-5-8-24-17-23(11-15-28(24)44-21-22-9-13-26(36)14-10-22)18-31-33(39)38-32(27(34(40)41-4)20-37-35(38)45-31)25-12-16-29(42-6-2)30(19-25)43-7-3/h5,9-20,32H,1,6-8,21H2,2-4H3/b31-18-/t32-/m0/s1. The highest BCUT2D eigenvalue weighted by molar-refractivity contribution is 7.07. The number of fused-ring (bicyclic) bond motifs is 1. The zero-order valence-corrected chi connectivity index (χ0v) is 26.1. The molecule has 1 aliphatic rings. The van der Waals surface area contributed by atoms with Crippen molar-refractivity contribution in [3.05, 3.63) is 133 Å². The number of rotatable bonds is 12. The third kappa shape index (κ3) is 6.91. The average Bonchev–Trinajstić information content (AvgIpc) is 3.36. The highest BCUT2D eigenvalue weighted by atomic mass is 32.1. The van der Waals surface area contributed by atoms with Crippen LogP contribution in [0.3, 0.4) is 0 Å². The summed E-state index contributed by atoms with van der Waals surface area (Å²) >= 11 is 1.23. The zero-order chi connectivity index (χ0) is 31.9. The lowest BCUT2D eigenvalue weighted by Gasteiger charge is -2.23. The van der Waals surface area contributed by atoms with E-state index in [9.17, 15) is 14.0 Å². The minimum absolute atomic E-state index is 0.221. The van der Waals surface area contributed by atoms with E-state index in [4.69, 9.17) is 18.9 Å². The Morgan fingerprint density at radius 1 is 1.00 bits per heavy atom. The summed E-state index contributed by atoms with van der Waals surface area (Å²) in [6, 6.07) is 16.4. The molecule has 1 aromatic heterocycles. The number of hydrogen-bond donors (Lipinski definition) is 0. The normalized spacial score (nSPS) is 14.2. The summed E-state index contributed by atoms with van der Waals surface area (Å²) in [6.45, 7) is 8.77. The lowest BCUT2D eigenvalue weighted by molar-refractivity contribution is -0.136. The minimum Gasteiger partial charge on any atom is -0.490 e. The summed E-state index contributed by atoms with van der Waals surface area (Å²) < 4.78 is 37.9. The van der Waals surface area contributed by atoms with Crippen LogP contribution in [0, 0.1) is 5.82 Å². The van der Waals surface area contributed by atoms with Gasteiger partial charge >= 0.3 is 5.97 Å². The first-order valence-corrected chi connectivity index (χ1v) is 15.3. The van der Waals surface area contributed by atoms with Gasteiger partial charge in [0.2, 0.25) is 0 Å². The van der Waals surface area contributed by atoms with Crippen molar-refractivity contribution in [2.75, 3.05) is 20.3 Å². The molecule has 1 aliphatic heterocycles. The SMILES string of the molecule is C=CCc1cc(/C=c2\sc3n(c2=O)[C@@H](c2ccc(OCC)c(OCC)c2)C(C(=O)OC)=CN=3)ccc1OCc1ccc(F)cc1. The van der Waals surface area contributed by atoms with E-state index in [1.165, 1.54) is 41.3 Å². The fourth-order valence-electron chi connectivity index (χ4n) is 5.03. The Bertz CT molecular complexity index is 1930. The van der Waals surface area contributed by atoms with Gasteiger partial charge in [0.15, 0.2) is 16.3 Å². The molecule has 2 heterocycles. The molecule has 3 aromatic carbocycles. The summed E-state index contributed by atoms with van der Waals surface area (Å²) in [7, 11) is 1.29. The topological polar surface area (TPSA) is 88.4 Å². The Morgan fingerprint density at radius 2 is 1.73 bits per heavy atom. The quantitative estimate of drug-likeness (QED) is 0.157. The van der Waals surface area contributed by atoms with Crippen LogP contribution in [0.5, 0.6) is 17.2 Å². The molecule has 45 heavy (non-hydrogen) atoms. The number of hydrogen-bond acceptors (Lipinski definition) is 8. The molecule has 0 saturated heterocycles. The van der Waals surface area contributed by atoms with Gasteiger partial charge in [-0.15, -0.1) is 6.58 Å². The second-order valence-electron chi connectivity index (χ2n) is 10.0. The molecule has 0 unspecified atom stereocenters. The van der Waals surface area contributed by atoms with Crippen molar-refractivity contribution in [1.82, 2.24) is 4.57 Å². The summed E-state index contributed by atoms with van der Waals surface area (Å²) in [5.74, 6) is 0.857. The van der Waals surface area contributed by atoms with Gasteiger partial charge in [-0.2, -0.15) is 0 Å². The van der Waals surface area contributed by atoms with Gasteiger partial charge in [0, 0.05) is 6.20 Å². The Morgan fingerprint density at radius 3 is 2.44 bits per heavy atom. The van der Waals surface area contributed by atoms with E-state index in [1.54, 1.807) is 36.4 Å². The van der Waals surface area contributed by atoms with Gasteiger partial charge in [0.05, 0.1) is 36.5 Å². The maximum absolute atomic E-state index is 14.0. The maximum Gasteiger partial charge on any atom is 0.337 e. The van der Waals surface area contributed by atoms with E-state index >= 15 is 0 Å². The Kier molecular flexibility index (Phi) is 9.94. The summed E-state index contributed by atoms with van der Waals surface area (Å²) in [5.41, 5.74) is 3.09. The van der Waals surface area contributed by atoms with E-state index < -0.39 is 12.0 Å². The molecule has 0 radical (unpaired) electrons. The lowest BCUT2D eigenvalue weighted by atomic mass is 9.97. The fraction of sp³-hybridized carbons (Fsp3) is 0.229. The highest BCUT2D eigenvalue weighted by Gasteiger charge is 2.31. The van der Waals surface area contributed by atoms with Crippen LogP contribution in [0.2, 0.25) is 0 Å². The minimum atomic E-state index is -0.788. The molecule has 10 heteroatoms. The van der Waals surface area contributed by atoms with Crippen LogP contribution in [0.4, 0.5) is 4.39 Å². The number of halogens is 1. The van der Waals surface area contributed by atoms with Crippen LogP contribution in [-0.2, 0) is 22.6 Å². The van der Waals surface area contributed by atoms with Crippen molar-refractivity contribution >= 4 is 23.4 Å². The predicted molar refractivity (Wildman–Crippen MR) is 171 cm³/mol. The maximum atomic E-state index is 14.0. The van der Waals surface area contributed by atoms with Gasteiger partial charge in [-0.05, 0) is 85.0 Å². The second-order valence-corrected chi connectivity index (χ2v) is 11.0. The van der Waals surface area contributed by atoms with Gasteiger partial charge in [-0.25, -0.2) is 14.2 Å². The molecule has 232 valence electrons. The van der Waals surface area contributed by atoms with Crippen molar-refractivity contribution in [1.29, 1.82) is 0 Å². The molecule has 0 saturated carbocycles. The first-order valence-electron chi connectivity index (χ1n) is 14.5. The van der Waals surface area contributed by atoms with Gasteiger partial charge in [-0.1, -0.05) is 41.7 Å². The molecule has 4 aromatic rings. The van der Waals surface area contributed by atoms with Crippen LogP contribution in [0.1, 0.15) is 42.1 Å². The Balaban J connectivity index is 1.54. The number of methoxy groups -OCH3 is 1. The monoisotopic (exact) mass is 628 g/mol. The van der Waals surface area contributed by atoms with Crippen molar-refractivity contribution in [2.24, 2.45) is 4.99 Å². The Hall–Kier alpha value is -4.96. The first kappa shape index (κ1) is 31.5. The van der Waals surface area contributed by atoms with Crippen molar-refractivity contribution in [3.8, 4) is 17.2 Å². The van der Waals surface area contributed by atoms with Crippen LogP contribution >= 0.6 is 11.3 Å². The van der Waals surface area contributed by atoms with Gasteiger partial charge in [0.25, 0.3) is 5.56 Å². The molecule has 1 atom stereocenters. The molecular weight excluding hydrogens is 595 g/mol.